The minimum absolute atomic E-state index is 0.0340. The van der Waals surface area contributed by atoms with Crippen LogP contribution >= 0.6 is 0 Å². The number of Topliss-reactive ketones (excluding diaryl/α,β-unsaturated/α-hetero) is 1. The second-order valence-electron chi connectivity index (χ2n) is 3.99. The first-order chi connectivity index (χ1) is 7.86. The predicted octanol–water partition coefficient (Wildman–Crippen LogP) is 1.61. The number of allylic oxidation sites excluding steroid dienone is 2. The molecular formula is C12H7N3O. The van der Waals surface area contributed by atoms with Crippen LogP contribution in [-0.2, 0) is 6.42 Å². The fraction of sp³-hybridized carbons (Fsp3) is 0.0833. The third kappa shape index (κ3) is 0.746. The van der Waals surface area contributed by atoms with Crippen molar-refractivity contribution in [3.63, 3.8) is 0 Å². The summed E-state index contributed by atoms with van der Waals surface area (Å²) in [6.07, 6.45) is 6.20. The van der Waals surface area contributed by atoms with Crippen molar-refractivity contribution in [2.45, 2.75) is 6.42 Å². The summed E-state index contributed by atoms with van der Waals surface area (Å²) in [7, 11) is 0. The zero-order valence-corrected chi connectivity index (χ0v) is 8.32. The van der Waals surface area contributed by atoms with E-state index in [4.69, 9.17) is 0 Å². The van der Waals surface area contributed by atoms with E-state index in [0.29, 0.717) is 5.69 Å². The van der Waals surface area contributed by atoms with Crippen LogP contribution in [0, 0.1) is 0 Å². The van der Waals surface area contributed by atoms with Gasteiger partial charge in [0.25, 0.3) is 0 Å². The Hall–Kier alpha value is -2.23. The van der Waals surface area contributed by atoms with Crippen molar-refractivity contribution >= 4 is 11.4 Å². The molecule has 4 nitrogen and oxygen atoms in total. The van der Waals surface area contributed by atoms with Crippen LogP contribution in [0.3, 0.4) is 0 Å². The van der Waals surface area contributed by atoms with E-state index in [1.54, 1.807) is 12.4 Å². The van der Waals surface area contributed by atoms with Crippen molar-refractivity contribution in [2.24, 2.45) is 0 Å². The number of aromatic nitrogens is 3. The predicted molar refractivity (Wildman–Crippen MR) is 57.8 cm³/mol. The molecule has 0 radical (unpaired) electrons. The molecule has 0 unspecified atom stereocenters. The molecule has 0 saturated carbocycles. The van der Waals surface area contributed by atoms with Crippen LogP contribution in [0.15, 0.2) is 24.5 Å². The van der Waals surface area contributed by atoms with Gasteiger partial charge in [0.15, 0.2) is 0 Å². The molecule has 0 aliphatic heterocycles. The third-order valence-corrected chi connectivity index (χ3v) is 3.20. The molecule has 0 fully saturated rings. The van der Waals surface area contributed by atoms with Crippen LogP contribution in [0.2, 0.25) is 0 Å². The molecule has 4 rings (SSSR count). The fourth-order valence-electron chi connectivity index (χ4n) is 2.49. The van der Waals surface area contributed by atoms with Crippen molar-refractivity contribution in [1.82, 2.24) is 15.2 Å². The Balaban J connectivity index is 2.20. The maximum atomic E-state index is 12.1. The number of aromatic amines is 1. The number of pyridine rings is 1. The highest BCUT2D eigenvalue weighted by molar-refractivity contribution is 6.34. The minimum Gasteiger partial charge on any atom is -0.287 e. The molecule has 0 spiro atoms. The van der Waals surface area contributed by atoms with Gasteiger partial charge in [-0.2, -0.15) is 5.10 Å². The lowest BCUT2D eigenvalue weighted by molar-refractivity contribution is 0.105. The van der Waals surface area contributed by atoms with E-state index in [2.05, 4.69) is 15.2 Å². The van der Waals surface area contributed by atoms with Crippen molar-refractivity contribution in [2.75, 3.05) is 0 Å². The molecule has 2 aromatic rings. The quantitative estimate of drug-likeness (QED) is 0.717. The number of ketones is 1. The van der Waals surface area contributed by atoms with E-state index in [1.807, 2.05) is 12.1 Å². The van der Waals surface area contributed by atoms with Crippen molar-refractivity contribution in [3.8, 4) is 11.1 Å². The number of fused-ring (bicyclic) bond motifs is 2. The summed E-state index contributed by atoms with van der Waals surface area (Å²) in [4.78, 5) is 16.4. The molecule has 4 heteroatoms. The highest BCUT2D eigenvalue weighted by Gasteiger charge is 2.33. The highest BCUT2D eigenvalue weighted by Crippen LogP contribution is 2.42. The zero-order valence-electron chi connectivity index (χ0n) is 8.32. The first-order valence-electron chi connectivity index (χ1n) is 5.13. The molecule has 16 heavy (non-hydrogen) atoms. The summed E-state index contributed by atoms with van der Waals surface area (Å²) >= 11 is 0. The van der Waals surface area contributed by atoms with Gasteiger partial charge in [-0.15, -0.1) is 0 Å². The summed E-state index contributed by atoms with van der Waals surface area (Å²) < 4.78 is 0. The molecule has 2 aliphatic carbocycles. The van der Waals surface area contributed by atoms with Gasteiger partial charge in [0.05, 0.1) is 11.9 Å². The molecule has 2 aromatic heterocycles. The van der Waals surface area contributed by atoms with E-state index in [1.165, 1.54) is 0 Å². The number of nitrogens with zero attached hydrogens (tertiary/aromatic N) is 2. The average Bonchev–Trinajstić information content (AvgIpc) is 2.93. The SMILES string of the molecule is O=C1C2=CCc3nccc(c32)-c2cn[nH]c21. The van der Waals surface area contributed by atoms with Crippen molar-refractivity contribution in [1.29, 1.82) is 0 Å². The number of hydrogen-bond donors (Lipinski definition) is 1. The van der Waals surface area contributed by atoms with Crippen molar-refractivity contribution in [3.05, 3.63) is 41.5 Å². The molecule has 0 saturated heterocycles. The second-order valence-corrected chi connectivity index (χ2v) is 3.99. The Morgan fingerprint density at radius 1 is 1.31 bits per heavy atom. The number of carbonyl (C=O) groups excluding carboxylic acids is 1. The summed E-state index contributed by atoms with van der Waals surface area (Å²) in [5.41, 5.74) is 5.32. The van der Waals surface area contributed by atoms with Gasteiger partial charge in [0.2, 0.25) is 5.78 Å². The van der Waals surface area contributed by atoms with Gasteiger partial charge in [-0.25, -0.2) is 0 Å². The lowest BCUT2D eigenvalue weighted by Crippen LogP contribution is -2.10. The van der Waals surface area contributed by atoms with E-state index in [-0.39, 0.29) is 5.78 Å². The third-order valence-electron chi connectivity index (χ3n) is 3.20. The maximum Gasteiger partial charge on any atom is 0.211 e. The number of nitrogens with one attached hydrogen (secondary N) is 1. The first kappa shape index (κ1) is 7.98. The topological polar surface area (TPSA) is 58.6 Å². The van der Waals surface area contributed by atoms with Gasteiger partial charge < -0.3 is 0 Å². The van der Waals surface area contributed by atoms with Crippen LogP contribution in [0.4, 0.5) is 0 Å². The van der Waals surface area contributed by atoms with Gasteiger partial charge in [-0.05, 0) is 11.6 Å². The molecular weight excluding hydrogens is 202 g/mol. The van der Waals surface area contributed by atoms with Crippen LogP contribution in [-0.4, -0.2) is 21.0 Å². The Morgan fingerprint density at radius 3 is 3.19 bits per heavy atom. The van der Waals surface area contributed by atoms with Crippen LogP contribution < -0.4 is 0 Å². The van der Waals surface area contributed by atoms with Gasteiger partial charge in [-0.1, -0.05) is 6.08 Å². The minimum atomic E-state index is 0.0340. The second kappa shape index (κ2) is 2.47. The van der Waals surface area contributed by atoms with E-state index in [0.717, 1.165) is 34.4 Å². The molecule has 2 heterocycles. The number of hydrogen-bond acceptors (Lipinski definition) is 3. The standard InChI is InChI=1S/C12H7N3O/c16-12-7-1-2-9-10(7)6(3-4-13-9)8-5-14-15-11(8)12/h1,3-5H,2H2,(H,14,15). The first-order valence-corrected chi connectivity index (χ1v) is 5.13. The zero-order chi connectivity index (χ0) is 10.7. The van der Waals surface area contributed by atoms with E-state index >= 15 is 0 Å². The lowest BCUT2D eigenvalue weighted by Gasteiger charge is -2.15. The Morgan fingerprint density at radius 2 is 2.25 bits per heavy atom. The van der Waals surface area contributed by atoms with E-state index < -0.39 is 0 Å². The molecule has 0 atom stereocenters. The summed E-state index contributed by atoms with van der Waals surface area (Å²) in [6.45, 7) is 0. The largest absolute Gasteiger partial charge is 0.287 e. The van der Waals surface area contributed by atoms with Crippen LogP contribution in [0.25, 0.3) is 16.7 Å². The molecule has 0 amide bonds. The van der Waals surface area contributed by atoms with Crippen LogP contribution in [0.1, 0.15) is 21.7 Å². The number of rotatable bonds is 0. The van der Waals surface area contributed by atoms with Crippen LogP contribution in [0.5, 0.6) is 0 Å². The Kier molecular flexibility index (Phi) is 1.23. The van der Waals surface area contributed by atoms with Gasteiger partial charge in [0, 0.05) is 29.3 Å². The molecule has 2 aliphatic rings. The number of carbonyl (C=O) groups is 1. The highest BCUT2D eigenvalue weighted by atomic mass is 16.1. The van der Waals surface area contributed by atoms with E-state index in [9.17, 15) is 4.79 Å². The van der Waals surface area contributed by atoms with Gasteiger partial charge in [-0.3, -0.25) is 14.9 Å². The monoisotopic (exact) mass is 209 g/mol. The number of H-pyrrole nitrogens is 1. The fourth-order valence-corrected chi connectivity index (χ4v) is 2.49. The normalized spacial score (nSPS) is 15.8. The Labute approximate surface area is 91.0 Å². The smallest absolute Gasteiger partial charge is 0.211 e. The summed E-state index contributed by atoms with van der Waals surface area (Å²) in [5, 5.41) is 6.72. The maximum absolute atomic E-state index is 12.1. The molecule has 0 bridgehead atoms. The van der Waals surface area contributed by atoms with Crippen molar-refractivity contribution < 1.29 is 4.79 Å². The van der Waals surface area contributed by atoms with Gasteiger partial charge >= 0.3 is 0 Å². The summed E-state index contributed by atoms with van der Waals surface area (Å²) in [6, 6.07) is 1.94. The summed E-state index contributed by atoms with van der Waals surface area (Å²) in [5.74, 6) is 0.0340. The molecule has 76 valence electrons. The molecule has 1 N–H and O–H groups in total. The Bertz CT molecular complexity index is 667. The lowest BCUT2D eigenvalue weighted by atomic mass is 9.87. The molecule has 0 aromatic carbocycles. The van der Waals surface area contributed by atoms with Gasteiger partial charge in [0.1, 0.15) is 5.69 Å². The average molecular weight is 209 g/mol.